The van der Waals surface area contributed by atoms with Crippen molar-refractivity contribution in [3.8, 4) is 0 Å². The fourth-order valence-electron chi connectivity index (χ4n) is 4.44. The molecule has 1 aromatic heterocycles. The molecule has 0 atom stereocenters. The molecule has 2 aromatic rings. The lowest BCUT2D eigenvalue weighted by Crippen LogP contribution is -2.43. The highest BCUT2D eigenvalue weighted by Crippen LogP contribution is 2.29. The molecule has 0 unspecified atom stereocenters. The Morgan fingerprint density at radius 2 is 1.77 bits per heavy atom. The smallest absolute Gasteiger partial charge is 0.252 e. The van der Waals surface area contributed by atoms with Gasteiger partial charge in [-0.25, -0.2) is 8.42 Å². The Kier molecular flexibility index (Phi) is 6.46. The minimum Gasteiger partial charge on any atom is -0.371 e. The van der Waals surface area contributed by atoms with Crippen LogP contribution in [0.15, 0.2) is 46.0 Å². The number of thiophene rings is 1. The van der Waals surface area contributed by atoms with E-state index in [1.54, 1.807) is 17.5 Å². The predicted molar refractivity (Wildman–Crippen MR) is 120 cm³/mol. The van der Waals surface area contributed by atoms with Gasteiger partial charge in [0.05, 0.1) is 0 Å². The molecular formula is C22H29N3O3S2. The number of amides is 1. The Labute approximate surface area is 183 Å². The molecule has 2 fully saturated rings. The van der Waals surface area contributed by atoms with Crippen molar-refractivity contribution >= 4 is 33.0 Å². The summed E-state index contributed by atoms with van der Waals surface area (Å²) in [5.74, 6) is -0.0110. The molecule has 2 aliphatic heterocycles. The molecule has 0 radical (unpaired) electrons. The van der Waals surface area contributed by atoms with Crippen LogP contribution in [0.2, 0.25) is 0 Å². The third-order valence-electron chi connectivity index (χ3n) is 6.11. The zero-order chi connectivity index (χ0) is 21.1. The van der Waals surface area contributed by atoms with E-state index in [0.29, 0.717) is 36.7 Å². The van der Waals surface area contributed by atoms with Gasteiger partial charge in [0.2, 0.25) is 5.91 Å². The zero-order valence-electron chi connectivity index (χ0n) is 17.4. The van der Waals surface area contributed by atoms with Gasteiger partial charge in [-0.05, 0) is 48.8 Å². The second-order valence-corrected chi connectivity index (χ2v) is 11.2. The maximum atomic E-state index is 13.1. The Balaban J connectivity index is 1.37. The van der Waals surface area contributed by atoms with Crippen LogP contribution in [0.4, 0.5) is 5.69 Å². The van der Waals surface area contributed by atoms with Gasteiger partial charge in [0.1, 0.15) is 4.21 Å². The van der Waals surface area contributed by atoms with Crippen LogP contribution in [0.25, 0.3) is 0 Å². The zero-order valence-corrected chi connectivity index (χ0v) is 19.0. The molecule has 2 aliphatic rings. The molecule has 3 heterocycles. The van der Waals surface area contributed by atoms with Gasteiger partial charge in [0, 0.05) is 51.4 Å². The molecule has 162 valence electrons. The molecule has 8 heteroatoms. The number of carbonyl (C=O) groups is 1. The maximum Gasteiger partial charge on any atom is 0.252 e. The number of para-hydroxylation sites is 1. The van der Waals surface area contributed by atoms with E-state index in [2.05, 4.69) is 23.1 Å². The summed E-state index contributed by atoms with van der Waals surface area (Å²) >= 11 is 1.24. The first-order valence-electron chi connectivity index (χ1n) is 10.6. The number of sulfonamides is 1. The minimum absolute atomic E-state index is 0.111. The van der Waals surface area contributed by atoms with Crippen LogP contribution >= 0.6 is 11.3 Å². The van der Waals surface area contributed by atoms with E-state index in [1.807, 2.05) is 18.0 Å². The van der Waals surface area contributed by atoms with Crippen LogP contribution < -0.4 is 4.90 Å². The highest BCUT2D eigenvalue weighted by Gasteiger charge is 2.33. The lowest BCUT2D eigenvalue weighted by molar-refractivity contribution is -0.135. The van der Waals surface area contributed by atoms with Crippen molar-refractivity contribution in [1.82, 2.24) is 9.21 Å². The second-order valence-electron chi connectivity index (χ2n) is 8.13. The fourth-order valence-corrected chi connectivity index (χ4v) is 7.05. The van der Waals surface area contributed by atoms with E-state index >= 15 is 0 Å². The Morgan fingerprint density at radius 3 is 2.43 bits per heavy atom. The highest BCUT2D eigenvalue weighted by molar-refractivity contribution is 7.91. The second kappa shape index (κ2) is 9.08. The van der Waals surface area contributed by atoms with Crippen LogP contribution in [0.3, 0.4) is 0 Å². The quantitative estimate of drug-likeness (QED) is 0.681. The third-order valence-corrected chi connectivity index (χ3v) is 9.39. The van der Waals surface area contributed by atoms with Gasteiger partial charge in [0.15, 0.2) is 0 Å². The largest absolute Gasteiger partial charge is 0.371 e. The molecule has 30 heavy (non-hydrogen) atoms. The standard InChI is InChI=1S/C22H29N3O3S2/c1-23(17-19-7-2-3-8-20(19)24-12-4-5-13-24)22(26)18-10-14-25(15-11-18)30(27,28)21-9-6-16-29-21/h2-3,6-9,16,18H,4-5,10-15,17H2,1H3. The molecule has 0 saturated carbocycles. The Bertz CT molecular complexity index is 961. The lowest BCUT2D eigenvalue weighted by Gasteiger charge is -2.32. The van der Waals surface area contributed by atoms with Gasteiger partial charge in [-0.15, -0.1) is 11.3 Å². The van der Waals surface area contributed by atoms with E-state index in [-0.39, 0.29) is 11.8 Å². The number of hydrogen-bond acceptors (Lipinski definition) is 5. The average Bonchev–Trinajstić information content (AvgIpc) is 3.48. The maximum absolute atomic E-state index is 13.1. The number of anilines is 1. The summed E-state index contributed by atoms with van der Waals surface area (Å²) in [4.78, 5) is 17.3. The monoisotopic (exact) mass is 447 g/mol. The van der Waals surface area contributed by atoms with Crippen LogP contribution in [0.1, 0.15) is 31.2 Å². The van der Waals surface area contributed by atoms with Gasteiger partial charge in [-0.1, -0.05) is 24.3 Å². The molecule has 0 aliphatic carbocycles. The molecule has 6 nitrogen and oxygen atoms in total. The van der Waals surface area contributed by atoms with Crippen molar-refractivity contribution in [2.24, 2.45) is 5.92 Å². The van der Waals surface area contributed by atoms with E-state index < -0.39 is 10.0 Å². The summed E-state index contributed by atoms with van der Waals surface area (Å²) in [6.45, 7) is 3.53. The summed E-state index contributed by atoms with van der Waals surface area (Å²) in [7, 11) is -1.57. The molecule has 0 spiro atoms. The number of piperidine rings is 1. The van der Waals surface area contributed by atoms with E-state index in [0.717, 1.165) is 13.1 Å². The summed E-state index contributed by atoms with van der Waals surface area (Å²) in [6, 6.07) is 11.7. The normalized spacial score (nSPS) is 18.6. The Hall–Kier alpha value is -1.90. The van der Waals surface area contributed by atoms with Crippen molar-refractivity contribution < 1.29 is 13.2 Å². The summed E-state index contributed by atoms with van der Waals surface area (Å²) in [6.07, 6.45) is 3.58. The van der Waals surface area contributed by atoms with Crippen molar-refractivity contribution in [2.45, 2.75) is 36.4 Å². The minimum atomic E-state index is -3.43. The van der Waals surface area contributed by atoms with Crippen LogP contribution in [-0.4, -0.2) is 56.8 Å². The molecule has 4 rings (SSSR count). The van der Waals surface area contributed by atoms with E-state index in [1.165, 1.54) is 39.7 Å². The SMILES string of the molecule is CN(Cc1ccccc1N1CCCC1)C(=O)C1CCN(S(=O)(=O)c2cccs2)CC1. The van der Waals surface area contributed by atoms with Crippen LogP contribution in [0, 0.1) is 5.92 Å². The summed E-state index contributed by atoms with van der Waals surface area (Å²) in [5, 5.41) is 1.78. The van der Waals surface area contributed by atoms with Crippen molar-refractivity contribution in [1.29, 1.82) is 0 Å². The van der Waals surface area contributed by atoms with Crippen LogP contribution in [-0.2, 0) is 21.4 Å². The highest BCUT2D eigenvalue weighted by atomic mass is 32.2. The third kappa shape index (κ3) is 4.40. The first kappa shape index (κ1) is 21.3. The predicted octanol–water partition coefficient (Wildman–Crippen LogP) is 3.41. The van der Waals surface area contributed by atoms with Crippen LogP contribution in [0.5, 0.6) is 0 Å². The average molecular weight is 448 g/mol. The van der Waals surface area contributed by atoms with Gasteiger partial charge in [-0.2, -0.15) is 4.31 Å². The van der Waals surface area contributed by atoms with Crippen molar-refractivity contribution in [3.63, 3.8) is 0 Å². The van der Waals surface area contributed by atoms with E-state index in [9.17, 15) is 13.2 Å². The number of hydrogen-bond donors (Lipinski definition) is 0. The molecular weight excluding hydrogens is 418 g/mol. The first-order chi connectivity index (χ1) is 14.5. The number of benzene rings is 1. The van der Waals surface area contributed by atoms with Gasteiger partial charge in [-0.3, -0.25) is 4.79 Å². The Morgan fingerprint density at radius 1 is 1.07 bits per heavy atom. The molecule has 1 aromatic carbocycles. The summed E-state index contributed by atoms with van der Waals surface area (Å²) < 4.78 is 27.3. The van der Waals surface area contributed by atoms with Gasteiger partial charge in [0.25, 0.3) is 10.0 Å². The molecule has 2 saturated heterocycles. The summed E-state index contributed by atoms with van der Waals surface area (Å²) in [5.41, 5.74) is 2.40. The number of rotatable bonds is 6. The molecule has 0 bridgehead atoms. The first-order valence-corrected chi connectivity index (χ1v) is 12.9. The fraction of sp³-hybridized carbons (Fsp3) is 0.500. The molecule has 0 N–H and O–H groups in total. The van der Waals surface area contributed by atoms with Crippen molar-refractivity contribution in [2.75, 3.05) is 38.1 Å². The lowest BCUT2D eigenvalue weighted by atomic mass is 9.96. The van der Waals surface area contributed by atoms with E-state index in [4.69, 9.17) is 0 Å². The number of carbonyl (C=O) groups excluding carboxylic acids is 1. The topological polar surface area (TPSA) is 60.9 Å². The van der Waals surface area contributed by atoms with Gasteiger partial charge < -0.3 is 9.80 Å². The van der Waals surface area contributed by atoms with Gasteiger partial charge >= 0.3 is 0 Å². The van der Waals surface area contributed by atoms with Crippen molar-refractivity contribution in [3.05, 3.63) is 47.3 Å². The number of nitrogens with zero attached hydrogens (tertiary/aromatic N) is 3. The molecule has 1 amide bonds.